The molecule has 3 N–H and O–H groups in total. The van der Waals surface area contributed by atoms with Crippen LogP contribution in [0.1, 0.15) is 18.9 Å². The first-order valence-corrected chi connectivity index (χ1v) is 5.01. The fraction of sp³-hybridized carbons (Fsp3) is 0.364. The molecule has 0 bridgehead atoms. The van der Waals surface area contributed by atoms with E-state index in [0.29, 0.717) is 24.4 Å². The van der Waals surface area contributed by atoms with E-state index in [2.05, 4.69) is 10.4 Å². The molecule has 0 aliphatic rings. The van der Waals surface area contributed by atoms with Crippen LogP contribution in [0.4, 0.5) is 4.39 Å². The molecular formula is C11H16FN3. The second-order valence-electron chi connectivity index (χ2n) is 3.24. The number of aliphatic imine (C=N–C) groups is 1. The number of hydrazine groups is 1. The van der Waals surface area contributed by atoms with E-state index in [0.717, 1.165) is 6.42 Å². The zero-order chi connectivity index (χ0) is 11.1. The Balaban J connectivity index is 2.71. The summed E-state index contributed by atoms with van der Waals surface area (Å²) in [6, 6.07) is 6.63. The van der Waals surface area contributed by atoms with Crippen molar-refractivity contribution in [3.63, 3.8) is 0 Å². The maximum atomic E-state index is 13.3. The van der Waals surface area contributed by atoms with Crippen LogP contribution in [0.15, 0.2) is 29.3 Å². The van der Waals surface area contributed by atoms with Gasteiger partial charge in [-0.05, 0) is 18.1 Å². The number of amidine groups is 1. The molecule has 0 aromatic heterocycles. The minimum absolute atomic E-state index is 0.225. The second-order valence-corrected chi connectivity index (χ2v) is 3.24. The van der Waals surface area contributed by atoms with Crippen molar-refractivity contribution < 1.29 is 4.39 Å². The zero-order valence-corrected chi connectivity index (χ0v) is 8.83. The van der Waals surface area contributed by atoms with E-state index in [-0.39, 0.29) is 5.82 Å². The third-order valence-corrected chi connectivity index (χ3v) is 2.01. The highest BCUT2D eigenvalue weighted by molar-refractivity contribution is 5.83. The topological polar surface area (TPSA) is 50.4 Å². The van der Waals surface area contributed by atoms with Gasteiger partial charge in [-0.3, -0.25) is 4.99 Å². The van der Waals surface area contributed by atoms with E-state index in [1.54, 1.807) is 18.2 Å². The van der Waals surface area contributed by atoms with Gasteiger partial charge in [0.15, 0.2) is 0 Å². The summed E-state index contributed by atoms with van der Waals surface area (Å²) in [5, 5.41) is 0. The summed E-state index contributed by atoms with van der Waals surface area (Å²) >= 11 is 0. The summed E-state index contributed by atoms with van der Waals surface area (Å²) in [6.07, 6.45) is 1.35. The highest BCUT2D eigenvalue weighted by Crippen LogP contribution is 2.07. The van der Waals surface area contributed by atoms with E-state index in [9.17, 15) is 4.39 Å². The van der Waals surface area contributed by atoms with Crippen LogP contribution >= 0.6 is 0 Å². The lowest BCUT2D eigenvalue weighted by molar-refractivity contribution is 0.615. The average Bonchev–Trinajstić information content (AvgIpc) is 2.26. The molecule has 0 radical (unpaired) electrons. The van der Waals surface area contributed by atoms with Gasteiger partial charge < -0.3 is 5.43 Å². The third-order valence-electron chi connectivity index (χ3n) is 2.01. The van der Waals surface area contributed by atoms with Crippen LogP contribution in [0.2, 0.25) is 0 Å². The van der Waals surface area contributed by atoms with Crippen molar-refractivity contribution in [2.75, 3.05) is 6.54 Å². The highest BCUT2D eigenvalue weighted by atomic mass is 19.1. The Morgan fingerprint density at radius 1 is 1.47 bits per heavy atom. The fourth-order valence-corrected chi connectivity index (χ4v) is 1.22. The van der Waals surface area contributed by atoms with Crippen molar-refractivity contribution in [3.05, 3.63) is 35.6 Å². The van der Waals surface area contributed by atoms with Crippen molar-refractivity contribution in [1.29, 1.82) is 0 Å². The molecule has 1 aromatic rings. The predicted octanol–water partition coefficient (Wildman–Crippen LogP) is 1.64. The Bertz CT molecular complexity index is 336. The van der Waals surface area contributed by atoms with Gasteiger partial charge in [0.1, 0.15) is 11.7 Å². The first kappa shape index (κ1) is 11.7. The normalized spacial score (nSPS) is 11.5. The standard InChI is InChI=1S/C11H16FN3/c1-2-7-14-11(15-13)8-9-5-3-4-6-10(9)12/h3-6H,2,7-8,13H2,1H3,(H,14,15). The molecule has 0 spiro atoms. The number of rotatable bonds is 4. The van der Waals surface area contributed by atoms with E-state index in [1.807, 2.05) is 6.92 Å². The summed E-state index contributed by atoms with van der Waals surface area (Å²) in [5.41, 5.74) is 3.10. The van der Waals surface area contributed by atoms with Crippen LogP contribution in [0.3, 0.4) is 0 Å². The van der Waals surface area contributed by atoms with Gasteiger partial charge in [0.05, 0.1) is 0 Å². The number of benzene rings is 1. The van der Waals surface area contributed by atoms with Crippen LogP contribution in [-0.2, 0) is 6.42 Å². The molecule has 4 heteroatoms. The molecule has 0 unspecified atom stereocenters. The number of nitrogens with two attached hydrogens (primary N) is 1. The molecule has 15 heavy (non-hydrogen) atoms. The largest absolute Gasteiger partial charge is 0.312 e. The molecule has 0 aliphatic heterocycles. The van der Waals surface area contributed by atoms with Crippen LogP contribution in [0.5, 0.6) is 0 Å². The van der Waals surface area contributed by atoms with E-state index in [1.165, 1.54) is 6.07 Å². The maximum absolute atomic E-state index is 13.3. The van der Waals surface area contributed by atoms with Crippen LogP contribution < -0.4 is 11.3 Å². The summed E-state index contributed by atoms with van der Waals surface area (Å²) in [5.74, 6) is 5.70. The number of nitrogens with one attached hydrogen (secondary N) is 1. The van der Waals surface area contributed by atoms with Gasteiger partial charge in [0, 0.05) is 13.0 Å². The molecule has 0 saturated carbocycles. The minimum atomic E-state index is -0.225. The maximum Gasteiger partial charge on any atom is 0.126 e. The van der Waals surface area contributed by atoms with Crippen molar-refractivity contribution in [1.82, 2.24) is 5.43 Å². The predicted molar refractivity (Wildman–Crippen MR) is 60.0 cm³/mol. The Hall–Kier alpha value is -1.42. The molecule has 0 heterocycles. The lowest BCUT2D eigenvalue weighted by atomic mass is 10.1. The van der Waals surface area contributed by atoms with Gasteiger partial charge in [-0.1, -0.05) is 25.1 Å². The highest BCUT2D eigenvalue weighted by Gasteiger charge is 2.03. The molecular weight excluding hydrogens is 193 g/mol. The average molecular weight is 209 g/mol. The Morgan fingerprint density at radius 3 is 2.80 bits per heavy atom. The van der Waals surface area contributed by atoms with Crippen LogP contribution in [-0.4, -0.2) is 12.4 Å². The summed E-state index contributed by atoms with van der Waals surface area (Å²) in [6.45, 7) is 2.73. The fourth-order valence-electron chi connectivity index (χ4n) is 1.22. The molecule has 1 rings (SSSR count). The number of hydrogen-bond acceptors (Lipinski definition) is 2. The molecule has 0 saturated heterocycles. The zero-order valence-electron chi connectivity index (χ0n) is 8.83. The van der Waals surface area contributed by atoms with E-state index < -0.39 is 0 Å². The third kappa shape index (κ3) is 3.67. The smallest absolute Gasteiger partial charge is 0.126 e. The Morgan fingerprint density at radius 2 is 2.20 bits per heavy atom. The number of hydrogen-bond donors (Lipinski definition) is 2. The molecule has 82 valence electrons. The molecule has 1 aromatic carbocycles. The van der Waals surface area contributed by atoms with Gasteiger partial charge in [-0.15, -0.1) is 0 Å². The lowest BCUT2D eigenvalue weighted by Gasteiger charge is -2.06. The molecule has 0 aliphatic carbocycles. The minimum Gasteiger partial charge on any atom is -0.312 e. The first-order chi connectivity index (χ1) is 7.27. The van der Waals surface area contributed by atoms with Crippen LogP contribution in [0.25, 0.3) is 0 Å². The summed E-state index contributed by atoms with van der Waals surface area (Å²) in [4.78, 5) is 4.21. The first-order valence-electron chi connectivity index (χ1n) is 5.01. The van der Waals surface area contributed by atoms with Crippen molar-refractivity contribution >= 4 is 5.84 Å². The van der Waals surface area contributed by atoms with Crippen molar-refractivity contribution in [3.8, 4) is 0 Å². The Labute approximate surface area is 89.2 Å². The quantitative estimate of drug-likeness (QED) is 0.343. The van der Waals surface area contributed by atoms with Gasteiger partial charge in [0.2, 0.25) is 0 Å². The molecule has 0 amide bonds. The summed E-state index contributed by atoms with van der Waals surface area (Å²) in [7, 11) is 0. The summed E-state index contributed by atoms with van der Waals surface area (Å²) < 4.78 is 13.3. The lowest BCUT2D eigenvalue weighted by Crippen LogP contribution is -2.32. The molecule has 3 nitrogen and oxygen atoms in total. The van der Waals surface area contributed by atoms with Gasteiger partial charge in [-0.25, -0.2) is 10.2 Å². The number of halogens is 1. The van der Waals surface area contributed by atoms with E-state index >= 15 is 0 Å². The number of nitrogens with zero attached hydrogens (tertiary/aromatic N) is 1. The monoisotopic (exact) mass is 209 g/mol. The van der Waals surface area contributed by atoms with Gasteiger partial charge in [0.25, 0.3) is 0 Å². The van der Waals surface area contributed by atoms with Crippen molar-refractivity contribution in [2.45, 2.75) is 19.8 Å². The molecule has 0 atom stereocenters. The van der Waals surface area contributed by atoms with Crippen molar-refractivity contribution in [2.24, 2.45) is 10.8 Å². The van der Waals surface area contributed by atoms with Gasteiger partial charge >= 0.3 is 0 Å². The second kappa shape index (κ2) is 6.14. The SMILES string of the molecule is CCCN=C(Cc1ccccc1F)NN. The molecule has 0 fully saturated rings. The van der Waals surface area contributed by atoms with Gasteiger partial charge in [-0.2, -0.15) is 0 Å². The van der Waals surface area contributed by atoms with E-state index in [4.69, 9.17) is 5.84 Å². The Kier molecular flexibility index (Phi) is 4.77. The van der Waals surface area contributed by atoms with Crippen LogP contribution in [0, 0.1) is 5.82 Å².